The average molecular weight is 388 g/mol. The minimum atomic E-state index is 0.0195. The fourth-order valence-corrected chi connectivity index (χ4v) is 4.05. The maximum atomic E-state index is 12.7. The molecule has 148 valence electrons. The topological polar surface area (TPSA) is 57.3 Å². The van der Waals surface area contributed by atoms with Crippen molar-refractivity contribution in [3.8, 4) is 22.4 Å². The van der Waals surface area contributed by atoms with Gasteiger partial charge in [-0.3, -0.25) is 9.13 Å². The smallest absolute Gasteiger partial charge is 0.329 e. The molecule has 0 saturated carbocycles. The minimum Gasteiger partial charge on any atom is -0.349 e. The molecule has 6 heteroatoms. The number of ether oxygens (including phenoxy) is 1. The number of aryl methyl sites for hydroxylation is 3. The number of hydrogen-bond acceptors (Lipinski definition) is 3. The maximum Gasteiger partial charge on any atom is 0.329 e. The molecule has 0 aliphatic carbocycles. The van der Waals surface area contributed by atoms with Gasteiger partial charge < -0.3 is 4.74 Å². The molecule has 1 saturated heterocycles. The zero-order valence-corrected chi connectivity index (χ0v) is 16.9. The molecule has 3 heterocycles. The van der Waals surface area contributed by atoms with E-state index in [-0.39, 0.29) is 11.9 Å². The lowest BCUT2D eigenvalue weighted by Crippen LogP contribution is -2.22. The molecule has 2 aromatic carbocycles. The summed E-state index contributed by atoms with van der Waals surface area (Å²) < 4.78 is 11.0. The van der Waals surface area contributed by atoms with Crippen LogP contribution < -0.4 is 5.69 Å². The number of fused-ring (bicyclic) bond motifs is 1. The Morgan fingerprint density at radius 3 is 2.48 bits per heavy atom. The molecule has 4 aromatic rings. The van der Waals surface area contributed by atoms with E-state index in [9.17, 15) is 4.79 Å². The Kier molecular flexibility index (Phi) is 4.17. The molecule has 0 amide bonds. The van der Waals surface area contributed by atoms with Crippen LogP contribution in [0.5, 0.6) is 0 Å². The van der Waals surface area contributed by atoms with Crippen molar-refractivity contribution in [2.45, 2.75) is 40.1 Å². The first-order valence-electron chi connectivity index (χ1n) is 10.1. The van der Waals surface area contributed by atoms with Gasteiger partial charge in [-0.2, -0.15) is 5.10 Å². The van der Waals surface area contributed by atoms with Crippen LogP contribution in [-0.2, 0) is 17.8 Å². The van der Waals surface area contributed by atoms with Gasteiger partial charge in [0.05, 0.1) is 17.6 Å². The number of nitrogens with zero attached hydrogens (tertiary/aromatic N) is 4. The van der Waals surface area contributed by atoms with Crippen LogP contribution in [0.4, 0.5) is 0 Å². The lowest BCUT2D eigenvalue weighted by Gasteiger charge is -2.06. The molecule has 1 atom stereocenters. The maximum absolute atomic E-state index is 12.7. The van der Waals surface area contributed by atoms with Crippen LogP contribution in [-0.4, -0.2) is 25.5 Å². The van der Waals surface area contributed by atoms with Crippen LogP contribution >= 0.6 is 0 Å². The summed E-state index contributed by atoms with van der Waals surface area (Å²) in [7, 11) is 0. The molecule has 6 nitrogen and oxygen atoms in total. The number of imidazole rings is 1. The molecule has 1 aliphatic rings. The predicted molar refractivity (Wildman–Crippen MR) is 114 cm³/mol. The largest absolute Gasteiger partial charge is 0.349 e. The Hall–Kier alpha value is -3.12. The number of epoxide rings is 1. The fourth-order valence-electron chi connectivity index (χ4n) is 4.05. The number of hydrogen-bond donors (Lipinski definition) is 0. The van der Waals surface area contributed by atoms with Gasteiger partial charge in [-0.25, -0.2) is 9.48 Å². The van der Waals surface area contributed by atoms with Crippen molar-refractivity contribution in [1.82, 2.24) is 18.9 Å². The summed E-state index contributed by atoms with van der Waals surface area (Å²) in [6, 6.07) is 14.6. The van der Waals surface area contributed by atoms with Crippen molar-refractivity contribution in [1.29, 1.82) is 0 Å². The molecular formula is C23H24N4O2. The molecule has 1 unspecified atom stereocenters. The second kappa shape index (κ2) is 6.74. The molecular weight excluding hydrogens is 364 g/mol. The quantitative estimate of drug-likeness (QED) is 0.481. The highest BCUT2D eigenvalue weighted by molar-refractivity contribution is 5.87. The monoisotopic (exact) mass is 388 g/mol. The molecule has 5 rings (SSSR count). The van der Waals surface area contributed by atoms with Crippen LogP contribution in [0.2, 0.25) is 0 Å². The number of benzene rings is 2. The predicted octanol–water partition coefficient (Wildman–Crippen LogP) is 4.21. The Morgan fingerprint density at radius 2 is 1.79 bits per heavy atom. The highest BCUT2D eigenvalue weighted by Crippen LogP contribution is 2.35. The van der Waals surface area contributed by atoms with E-state index in [1.54, 1.807) is 0 Å². The molecule has 1 aliphatic heterocycles. The van der Waals surface area contributed by atoms with E-state index in [0.29, 0.717) is 19.7 Å². The van der Waals surface area contributed by atoms with Crippen LogP contribution in [0.25, 0.3) is 33.4 Å². The van der Waals surface area contributed by atoms with E-state index in [4.69, 9.17) is 9.84 Å². The summed E-state index contributed by atoms with van der Waals surface area (Å²) in [6.07, 6.45) is 2.08. The first-order chi connectivity index (χ1) is 14.1. The van der Waals surface area contributed by atoms with Gasteiger partial charge >= 0.3 is 5.69 Å². The van der Waals surface area contributed by atoms with Gasteiger partial charge in [0, 0.05) is 30.4 Å². The van der Waals surface area contributed by atoms with Gasteiger partial charge in [0.2, 0.25) is 0 Å². The van der Waals surface area contributed by atoms with Gasteiger partial charge in [-0.05, 0) is 44.5 Å². The fraction of sp³-hybridized carbons (Fsp3) is 0.304. The molecule has 0 spiro atoms. The Morgan fingerprint density at radius 1 is 1.03 bits per heavy atom. The van der Waals surface area contributed by atoms with E-state index in [2.05, 4.69) is 49.5 Å². The van der Waals surface area contributed by atoms with Crippen molar-refractivity contribution in [3.63, 3.8) is 0 Å². The van der Waals surface area contributed by atoms with Crippen LogP contribution in [0, 0.1) is 6.92 Å². The van der Waals surface area contributed by atoms with E-state index >= 15 is 0 Å². The van der Waals surface area contributed by atoms with E-state index < -0.39 is 0 Å². The molecule has 0 bridgehead atoms. The average Bonchev–Trinajstić information content (AvgIpc) is 3.41. The first-order valence-corrected chi connectivity index (χ1v) is 10.1. The highest BCUT2D eigenvalue weighted by Gasteiger charge is 2.28. The minimum absolute atomic E-state index is 0.0195. The van der Waals surface area contributed by atoms with E-state index in [0.717, 1.165) is 33.4 Å². The first kappa shape index (κ1) is 17.9. The van der Waals surface area contributed by atoms with E-state index in [1.807, 2.05) is 33.7 Å². The van der Waals surface area contributed by atoms with Gasteiger partial charge in [0.25, 0.3) is 0 Å². The highest BCUT2D eigenvalue weighted by atomic mass is 16.6. The second-order valence-corrected chi connectivity index (χ2v) is 7.50. The Balaban J connectivity index is 1.73. The summed E-state index contributed by atoms with van der Waals surface area (Å²) in [5.41, 5.74) is 7.29. The van der Waals surface area contributed by atoms with Crippen molar-refractivity contribution in [2.24, 2.45) is 0 Å². The van der Waals surface area contributed by atoms with Crippen molar-refractivity contribution >= 4 is 11.0 Å². The Labute approximate surface area is 169 Å². The summed E-state index contributed by atoms with van der Waals surface area (Å²) in [5, 5.41) is 4.84. The summed E-state index contributed by atoms with van der Waals surface area (Å²) >= 11 is 0. The Bertz CT molecular complexity index is 1270. The van der Waals surface area contributed by atoms with Crippen LogP contribution in [0.15, 0.2) is 53.5 Å². The van der Waals surface area contributed by atoms with Gasteiger partial charge in [0.15, 0.2) is 6.23 Å². The van der Waals surface area contributed by atoms with Gasteiger partial charge in [-0.15, -0.1) is 0 Å². The van der Waals surface area contributed by atoms with Gasteiger partial charge in [-0.1, -0.05) is 29.8 Å². The normalized spacial score (nSPS) is 15.9. The lowest BCUT2D eigenvalue weighted by molar-refractivity contribution is 0.336. The zero-order chi connectivity index (χ0) is 20.1. The standard InChI is InChI=1S/C23H24N4O2/c1-4-25-19-10-9-16(12-20(19)26(5-2)23(25)28)18-13-27(21-14-29-21)24-22(18)17-8-6-7-15(3)11-17/h6-13,21H,4-5,14H2,1-3H3. The lowest BCUT2D eigenvalue weighted by atomic mass is 10.0. The third-order valence-electron chi connectivity index (χ3n) is 5.60. The zero-order valence-electron chi connectivity index (χ0n) is 16.9. The van der Waals surface area contributed by atoms with Crippen molar-refractivity contribution < 1.29 is 4.74 Å². The van der Waals surface area contributed by atoms with Crippen LogP contribution in [0.3, 0.4) is 0 Å². The SMILES string of the molecule is CCn1c(=O)n(CC)c2cc(-c3cn(C4CO4)nc3-c3cccc(C)c3)ccc21. The molecule has 1 fully saturated rings. The molecule has 2 aromatic heterocycles. The molecule has 0 N–H and O–H groups in total. The second-order valence-electron chi connectivity index (χ2n) is 7.50. The van der Waals surface area contributed by atoms with Gasteiger partial charge in [0.1, 0.15) is 5.69 Å². The van der Waals surface area contributed by atoms with Crippen molar-refractivity contribution in [3.05, 3.63) is 64.7 Å². The summed E-state index contributed by atoms with van der Waals surface area (Å²) in [4.78, 5) is 12.7. The molecule has 0 radical (unpaired) electrons. The number of rotatable bonds is 5. The summed E-state index contributed by atoms with van der Waals surface area (Å²) in [5.74, 6) is 0. The van der Waals surface area contributed by atoms with Crippen molar-refractivity contribution in [2.75, 3.05) is 6.61 Å². The third-order valence-corrected chi connectivity index (χ3v) is 5.60. The number of aromatic nitrogens is 4. The molecule has 29 heavy (non-hydrogen) atoms. The van der Waals surface area contributed by atoms with Crippen LogP contribution in [0.1, 0.15) is 25.6 Å². The third kappa shape index (κ3) is 2.91. The van der Waals surface area contributed by atoms with E-state index in [1.165, 1.54) is 5.56 Å². The summed E-state index contributed by atoms with van der Waals surface area (Å²) in [6.45, 7) is 8.10.